The third-order valence-electron chi connectivity index (χ3n) is 3.48. The average molecular weight is 309 g/mol. The number of aromatic nitrogens is 1. The SMILES string of the molecule is CC(Nc1ncc(C(F)(F)F)s1)C(C)N1CCOCC1. The molecule has 2 atom stereocenters. The number of halogens is 3. The Kier molecular flexibility index (Phi) is 4.87. The second-order valence-electron chi connectivity index (χ2n) is 4.85. The standard InChI is InChI=1S/C12H18F3N3OS/c1-8(9(2)18-3-5-19-6-4-18)17-11-16-7-10(20-11)12(13,14)15/h7-9H,3-6H2,1-2H3,(H,16,17). The summed E-state index contributed by atoms with van der Waals surface area (Å²) in [6.07, 6.45) is -3.45. The first-order chi connectivity index (χ1) is 9.38. The Labute approximate surface area is 119 Å². The molecule has 0 radical (unpaired) electrons. The van der Waals surface area contributed by atoms with E-state index in [0.717, 1.165) is 19.3 Å². The minimum atomic E-state index is -4.32. The zero-order valence-corrected chi connectivity index (χ0v) is 12.2. The van der Waals surface area contributed by atoms with E-state index in [9.17, 15) is 13.2 Å². The zero-order valence-electron chi connectivity index (χ0n) is 11.4. The van der Waals surface area contributed by atoms with E-state index in [0.29, 0.717) is 29.7 Å². The largest absolute Gasteiger partial charge is 0.427 e. The van der Waals surface area contributed by atoms with Crippen molar-refractivity contribution in [2.75, 3.05) is 31.6 Å². The predicted molar refractivity (Wildman–Crippen MR) is 72.1 cm³/mol. The first kappa shape index (κ1) is 15.5. The van der Waals surface area contributed by atoms with E-state index in [1.54, 1.807) is 0 Å². The highest BCUT2D eigenvalue weighted by atomic mass is 32.1. The normalized spacial score (nSPS) is 20.6. The van der Waals surface area contributed by atoms with Crippen molar-refractivity contribution < 1.29 is 17.9 Å². The molecule has 8 heteroatoms. The first-order valence-electron chi connectivity index (χ1n) is 6.49. The van der Waals surface area contributed by atoms with Crippen LogP contribution < -0.4 is 5.32 Å². The molecule has 0 saturated carbocycles. The van der Waals surface area contributed by atoms with Crippen molar-refractivity contribution in [3.8, 4) is 0 Å². The number of ether oxygens (including phenoxy) is 1. The van der Waals surface area contributed by atoms with Crippen molar-refractivity contribution >= 4 is 16.5 Å². The van der Waals surface area contributed by atoms with Crippen LogP contribution in [0.5, 0.6) is 0 Å². The molecule has 1 N–H and O–H groups in total. The second-order valence-corrected chi connectivity index (χ2v) is 5.88. The molecule has 0 aliphatic carbocycles. The highest BCUT2D eigenvalue weighted by Gasteiger charge is 2.33. The zero-order chi connectivity index (χ0) is 14.8. The first-order valence-corrected chi connectivity index (χ1v) is 7.31. The summed E-state index contributed by atoms with van der Waals surface area (Å²) in [7, 11) is 0. The van der Waals surface area contributed by atoms with Gasteiger partial charge in [-0.1, -0.05) is 11.3 Å². The van der Waals surface area contributed by atoms with Crippen LogP contribution in [0.1, 0.15) is 18.7 Å². The molecule has 2 unspecified atom stereocenters. The van der Waals surface area contributed by atoms with Gasteiger partial charge < -0.3 is 10.1 Å². The monoisotopic (exact) mass is 309 g/mol. The number of anilines is 1. The van der Waals surface area contributed by atoms with E-state index >= 15 is 0 Å². The smallest absolute Gasteiger partial charge is 0.379 e. The second kappa shape index (κ2) is 6.28. The van der Waals surface area contributed by atoms with Crippen molar-refractivity contribution in [3.63, 3.8) is 0 Å². The van der Waals surface area contributed by atoms with Gasteiger partial charge in [0.25, 0.3) is 0 Å². The van der Waals surface area contributed by atoms with Gasteiger partial charge in [-0.25, -0.2) is 4.98 Å². The maximum atomic E-state index is 12.5. The Morgan fingerprint density at radius 2 is 2.00 bits per heavy atom. The molecule has 20 heavy (non-hydrogen) atoms. The third kappa shape index (κ3) is 3.83. The number of nitrogens with zero attached hydrogens (tertiary/aromatic N) is 2. The summed E-state index contributed by atoms with van der Waals surface area (Å²) in [5, 5.41) is 3.37. The van der Waals surface area contributed by atoms with E-state index < -0.39 is 11.1 Å². The number of hydrogen-bond donors (Lipinski definition) is 1. The van der Waals surface area contributed by atoms with Crippen molar-refractivity contribution in [1.29, 1.82) is 0 Å². The maximum Gasteiger partial charge on any atom is 0.427 e. The summed E-state index contributed by atoms with van der Waals surface area (Å²) in [6, 6.07) is 0.220. The molecule has 2 rings (SSSR count). The molecule has 1 aromatic rings. The van der Waals surface area contributed by atoms with E-state index in [-0.39, 0.29) is 12.1 Å². The van der Waals surface area contributed by atoms with Crippen molar-refractivity contribution in [1.82, 2.24) is 9.88 Å². The van der Waals surface area contributed by atoms with Gasteiger partial charge in [0.2, 0.25) is 0 Å². The molecule has 2 heterocycles. The lowest BCUT2D eigenvalue weighted by molar-refractivity contribution is -0.134. The molecule has 1 aliphatic heterocycles. The molecule has 114 valence electrons. The average Bonchev–Trinajstić information content (AvgIpc) is 2.87. The summed E-state index contributed by atoms with van der Waals surface area (Å²) >= 11 is 0.642. The lowest BCUT2D eigenvalue weighted by Crippen LogP contribution is -2.48. The molecule has 1 fully saturated rings. The van der Waals surface area contributed by atoms with Crippen LogP contribution in [0.3, 0.4) is 0 Å². The summed E-state index contributed by atoms with van der Waals surface area (Å²) in [5.74, 6) is 0. The Morgan fingerprint density at radius 1 is 1.35 bits per heavy atom. The highest BCUT2D eigenvalue weighted by Crippen LogP contribution is 2.35. The number of nitrogens with one attached hydrogen (secondary N) is 1. The topological polar surface area (TPSA) is 37.4 Å². The molecule has 0 spiro atoms. The van der Waals surface area contributed by atoms with Gasteiger partial charge in [0, 0.05) is 25.2 Å². The fourth-order valence-electron chi connectivity index (χ4n) is 2.09. The molecule has 0 bridgehead atoms. The van der Waals surface area contributed by atoms with Crippen LogP contribution in [-0.4, -0.2) is 48.3 Å². The summed E-state index contributed by atoms with van der Waals surface area (Å²) in [5.41, 5.74) is 0. The molecule has 1 aromatic heterocycles. The van der Waals surface area contributed by atoms with Gasteiger partial charge in [-0.2, -0.15) is 13.2 Å². The van der Waals surface area contributed by atoms with Crippen LogP contribution in [0.25, 0.3) is 0 Å². The number of thiazole rings is 1. The summed E-state index contributed by atoms with van der Waals surface area (Å²) < 4.78 is 42.8. The predicted octanol–water partition coefficient (Wildman–Crippen LogP) is 2.68. The van der Waals surface area contributed by atoms with Crippen LogP contribution in [0.2, 0.25) is 0 Å². The van der Waals surface area contributed by atoms with Gasteiger partial charge in [-0.05, 0) is 13.8 Å². The summed E-state index contributed by atoms with van der Waals surface area (Å²) in [4.78, 5) is 5.38. The maximum absolute atomic E-state index is 12.5. The van der Waals surface area contributed by atoms with Gasteiger partial charge >= 0.3 is 6.18 Å². The molecule has 1 aliphatic rings. The number of rotatable bonds is 4. The van der Waals surface area contributed by atoms with Gasteiger partial charge in [-0.3, -0.25) is 4.90 Å². The molecular weight excluding hydrogens is 291 g/mol. The van der Waals surface area contributed by atoms with Crippen LogP contribution in [-0.2, 0) is 10.9 Å². The van der Waals surface area contributed by atoms with Gasteiger partial charge in [0.1, 0.15) is 4.88 Å². The van der Waals surface area contributed by atoms with Crippen LogP contribution in [0, 0.1) is 0 Å². The Morgan fingerprint density at radius 3 is 2.55 bits per heavy atom. The minimum Gasteiger partial charge on any atom is -0.379 e. The summed E-state index contributed by atoms with van der Waals surface area (Å²) in [6.45, 7) is 7.10. The quantitative estimate of drug-likeness (QED) is 0.928. The van der Waals surface area contributed by atoms with Gasteiger partial charge in [-0.15, -0.1) is 0 Å². The molecule has 0 amide bonds. The third-order valence-corrected chi connectivity index (χ3v) is 4.45. The fourth-order valence-corrected chi connectivity index (χ4v) is 2.87. The number of morpholine rings is 1. The van der Waals surface area contributed by atoms with E-state index in [1.165, 1.54) is 0 Å². The lowest BCUT2D eigenvalue weighted by Gasteiger charge is -2.35. The molecule has 0 aromatic carbocycles. The number of hydrogen-bond acceptors (Lipinski definition) is 5. The van der Waals surface area contributed by atoms with E-state index in [2.05, 4.69) is 22.1 Å². The lowest BCUT2D eigenvalue weighted by atomic mass is 10.1. The Bertz CT molecular complexity index is 432. The molecular formula is C12H18F3N3OS. The molecule has 1 saturated heterocycles. The van der Waals surface area contributed by atoms with Crippen molar-refractivity contribution in [2.45, 2.75) is 32.1 Å². The van der Waals surface area contributed by atoms with Crippen LogP contribution in [0.15, 0.2) is 6.20 Å². The Hall–Kier alpha value is -0.860. The van der Waals surface area contributed by atoms with Crippen LogP contribution in [0.4, 0.5) is 18.3 Å². The van der Waals surface area contributed by atoms with Gasteiger partial charge in [0.05, 0.1) is 19.4 Å². The Balaban J connectivity index is 1.93. The van der Waals surface area contributed by atoms with Gasteiger partial charge in [0.15, 0.2) is 5.13 Å². The number of alkyl halides is 3. The molecule has 4 nitrogen and oxygen atoms in total. The highest BCUT2D eigenvalue weighted by molar-refractivity contribution is 7.15. The van der Waals surface area contributed by atoms with Crippen LogP contribution >= 0.6 is 11.3 Å². The minimum absolute atomic E-state index is 0.0142. The van der Waals surface area contributed by atoms with E-state index in [1.807, 2.05) is 6.92 Å². The van der Waals surface area contributed by atoms with Crippen molar-refractivity contribution in [2.24, 2.45) is 0 Å². The fraction of sp³-hybridized carbons (Fsp3) is 0.750. The van der Waals surface area contributed by atoms with Crippen molar-refractivity contribution in [3.05, 3.63) is 11.1 Å². The van der Waals surface area contributed by atoms with E-state index in [4.69, 9.17) is 4.74 Å².